The van der Waals surface area contributed by atoms with Crippen molar-refractivity contribution in [2.75, 3.05) is 33.5 Å². The quantitative estimate of drug-likeness (QED) is 0.0669. The summed E-state index contributed by atoms with van der Waals surface area (Å²) in [7, 11) is 1.69. The van der Waals surface area contributed by atoms with Gasteiger partial charge < -0.3 is 128 Å². The molecular weight excluding hydrogens is 1080 g/mol. The lowest BCUT2D eigenvalue weighted by molar-refractivity contribution is -0.372. The van der Waals surface area contributed by atoms with E-state index in [0.29, 0.717) is 42.9 Å². The molecule has 35 atom stereocenters. The molecule has 26 nitrogen and oxygen atoms in total. The zero-order valence-electron chi connectivity index (χ0n) is 47.0. The van der Waals surface area contributed by atoms with Gasteiger partial charge in [0.1, 0.15) is 104 Å². The molecule has 0 bridgehead atoms. The summed E-state index contributed by atoms with van der Waals surface area (Å²) in [5, 5.41) is 148. The number of hydrogen-bond acceptors (Lipinski definition) is 26. The zero-order valence-corrected chi connectivity index (χ0v) is 47.0. The third-order valence-electron chi connectivity index (χ3n) is 21.4. The van der Waals surface area contributed by atoms with Crippen LogP contribution in [0.25, 0.3) is 0 Å². The second-order valence-corrected chi connectivity index (χ2v) is 25.9. The Kier molecular flexibility index (Phi) is 19.3. The van der Waals surface area contributed by atoms with Gasteiger partial charge in [0.05, 0.1) is 50.8 Å². The highest BCUT2D eigenvalue weighted by molar-refractivity contribution is 5.15. The number of aliphatic hydroxyl groups excluding tert-OH is 14. The van der Waals surface area contributed by atoms with Gasteiger partial charge in [-0.1, -0.05) is 20.8 Å². The number of fused-ring (bicyclic) bond motifs is 7. The second-order valence-electron chi connectivity index (χ2n) is 25.9. The first-order valence-corrected chi connectivity index (χ1v) is 29.5. The fourth-order valence-electron chi connectivity index (χ4n) is 16.6. The summed E-state index contributed by atoms with van der Waals surface area (Å²) >= 11 is 0. The Labute approximate surface area is 471 Å². The molecular formula is C55H92O26. The maximum atomic E-state index is 11.3. The van der Waals surface area contributed by atoms with Crippen LogP contribution in [-0.4, -0.2) is 270 Å². The van der Waals surface area contributed by atoms with Gasteiger partial charge in [-0.05, 0) is 112 Å². The van der Waals surface area contributed by atoms with Crippen LogP contribution in [0.4, 0.5) is 0 Å². The van der Waals surface area contributed by atoms with E-state index in [9.17, 15) is 71.5 Å². The Morgan fingerprint density at radius 2 is 1.19 bits per heavy atom. The Hall–Kier alpha value is -1.04. The summed E-state index contributed by atoms with van der Waals surface area (Å²) in [6, 6.07) is 0. The molecule has 26 heteroatoms. The average molecular weight is 1170 g/mol. The molecule has 4 saturated carbocycles. The minimum atomic E-state index is -1.77. The largest absolute Gasteiger partial charge is 0.394 e. The van der Waals surface area contributed by atoms with Crippen molar-refractivity contribution in [1.82, 2.24) is 0 Å². The highest BCUT2D eigenvalue weighted by Crippen LogP contribution is 2.71. The van der Waals surface area contributed by atoms with Crippen molar-refractivity contribution in [3.63, 3.8) is 0 Å². The van der Waals surface area contributed by atoms with Gasteiger partial charge in [-0.15, -0.1) is 0 Å². The molecule has 14 N–H and O–H groups in total. The van der Waals surface area contributed by atoms with E-state index in [2.05, 4.69) is 20.8 Å². The average Bonchev–Trinajstić information content (AvgIpc) is 2.51. The minimum Gasteiger partial charge on any atom is -0.394 e. The molecule has 0 aromatic carbocycles. The standard InChI is InChI=1S/C55H92O26/c1-21(74-50-43(67)39(63)37(61)32(17-56)77-50)9-14-55(70-6)22(2)34-31(81-55)16-28-26-8-7-24-15-25(10-12-53(24,4)27(26)11-13-54(28,34)5)76-51-44(68)40(64)38(62)33(78-51)20-73-48-45(69)41(65)46(23(3)75-48)79-52-47(36(60)30(58)19-72-52)80-49-42(66)35(59)29(57)18-71-49/h21-52,56-69H,7-20H2,1-6H3. The summed E-state index contributed by atoms with van der Waals surface area (Å²) in [5.74, 6) is 1.29. The van der Waals surface area contributed by atoms with Gasteiger partial charge in [0.25, 0.3) is 0 Å². The second kappa shape index (κ2) is 24.9. The van der Waals surface area contributed by atoms with Crippen LogP contribution < -0.4 is 0 Å². The molecule has 4 aliphatic carbocycles. The predicted octanol–water partition coefficient (Wildman–Crippen LogP) is -3.42. The number of rotatable bonds is 16. The molecule has 6 aliphatic heterocycles. The van der Waals surface area contributed by atoms with Crippen molar-refractivity contribution in [2.24, 2.45) is 46.3 Å². The molecule has 6 saturated heterocycles. The predicted molar refractivity (Wildman–Crippen MR) is 271 cm³/mol. The van der Waals surface area contributed by atoms with E-state index in [1.807, 2.05) is 6.92 Å². The van der Waals surface area contributed by atoms with E-state index in [1.165, 1.54) is 6.92 Å². The molecule has 0 radical (unpaired) electrons. The maximum Gasteiger partial charge on any atom is 0.187 e. The third kappa shape index (κ3) is 11.6. The molecule has 0 spiro atoms. The molecule has 10 fully saturated rings. The van der Waals surface area contributed by atoms with Gasteiger partial charge in [0.2, 0.25) is 0 Å². The van der Waals surface area contributed by atoms with Crippen LogP contribution in [0.3, 0.4) is 0 Å². The number of aliphatic hydroxyl groups is 14. The van der Waals surface area contributed by atoms with Crippen LogP contribution in [0.15, 0.2) is 0 Å². The van der Waals surface area contributed by atoms with Crippen LogP contribution in [0.1, 0.15) is 98.8 Å². The number of methoxy groups -OCH3 is 1. The lowest BCUT2D eigenvalue weighted by Crippen LogP contribution is -2.64. The smallest absolute Gasteiger partial charge is 0.187 e. The van der Waals surface area contributed by atoms with Crippen LogP contribution in [0.5, 0.6) is 0 Å². The van der Waals surface area contributed by atoms with Crippen LogP contribution in [-0.2, 0) is 56.8 Å². The van der Waals surface area contributed by atoms with Crippen molar-refractivity contribution >= 4 is 0 Å². The lowest BCUT2D eigenvalue weighted by atomic mass is 9.44. The summed E-state index contributed by atoms with van der Waals surface area (Å²) in [5.41, 5.74) is 0.0701. The summed E-state index contributed by atoms with van der Waals surface area (Å²) in [4.78, 5) is 0. The summed E-state index contributed by atoms with van der Waals surface area (Å²) in [6.45, 7) is 8.62. The Morgan fingerprint density at radius 1 is 0.568 bits per heavy atom. The van der Waals surface area contributed by atoms with Crippen molar-refractivity contribution in [3.05, 3.63) is 0 Å². The highest BCUT2D eigenvalue weighted by atomic mass is 16.8. The van der Waals surface area contributed by atoms with E-state index in [-0.39, 0.29) is 34.9 Å². The first-order chi connectivity index (χ1) is 38.4. The van der Waals surface area contributed by atoms with E-state index < -0.39 is 180 Å². The van der Waals surface area contributed by atoms with Crippen LogP contribution >= 0.6 is 0 Å². The summed E-state index contributed by atoms with van der Waals surface area (Å²) in [6.07, 6.45) is -26.6. The van der Waals surface area contributed by atoms with Crippen molar-refractivity contribution in [3.8, 4) is 0 Å². The first kappa shape index (κ1) is 63.0. The van der Waals surface area contributed by atoms with Crippen molar-refractivity contribution in [1.29, 1.82) is 0 Å². The van der Waals surface area contributed by atoms with Crippen LogP contribution in [0.2, 0.25) is 0 Å². The molecule has 10 aliphatic rings. The molecule has 0 amide bonds. The van der Waals surface area contributed by atoms with Crippen molar-refractivity contribution < 1.29 is 128 Å². The third-order valence-corrected chi connectivity index (χ3v) is 21.4. The molecule has 0 aromatic heterocycles. The number of hydrogen-bond donors (Lipinski definition) is 14. The van der Waals surface area contributed by atoms with Gasteiger partial charge in [-0.3, -0.25) is 0 Å². The van der Waals surface area contributed by atoms with Gasteiger partial charge in [-0.2, -0.15) is 0 Å². The van der Waals surface area contributed by atoms with E-state index in [4.69, 9.17) is 56.8 Å². The van der Waals surface area contributed by atoms with Gasteiger partial charge in [-0.25, -0.2) is 0 Å². The summed E-state index contributed by atoms with van der Waals surface area (Å²) < 4.78 is 71.9. The maximum absolute atomic E-state index is 11.3. The molecule has 6 heterocycles. The van der Waals surface area contributed by atoms with E-state index >= 15 is 0 Å². The normalized spacial score (nSPS) is 56.1. The topological polar surface area (TPSA) is 394 Å². The first-order valence-electron chi connectivity index (χ1n) is 29.5. The fraction of sp³-hybridized carbons (Fsp3) is 1.00. The Bertz CT molecular complexity index is 2070. The zero-order chi connectivity index (χ0) is 58.4. The van der Waals surface area contributed by atoms with Crippen molar-refractivity contribution in [2.45, 2.75) is 264 Å². The fourth-order valence-corrected chi connectivity index (χ4v) is 16.6. The highest BCUT2D eigenvalue weighted by Gasteiger charge is 2.69. The van der Waals surface area contributed by atoms with E-state index in [1.54, 1.807) is 7.11 Å². The van der Waals surface area contributed by atoms with E-state index in [0.717, 1.165) is 44.9 Å². The Morgan fingerprint density at radius 3 is 1.89 bits per heavy atom. The van der Waals surface area contributed by atoms with Gasteiger partial charge in [0.15, 0.2) is 37.2 Å². The molecule has 35 unspecified atom stereocenters. The van der Waals surface area contributed by atoms with Crippen LogP contribution in [0, 0.1) is 46.3 Å². The van der Waals surface area contributed by atoms with Gasteiger partial charge >= 0.3 is 0 Å². The Balaban J connectivity index is 0.708. The molecule has 10 rings (SSSR count). The minimum absolute atomic E-state index is 0.0129. The lowest BCUT2D eigenvalue weighted by Gasteiger charge is -2.61. The SMILES string of the molecule is COC1(CCC(C)OC2OC(CO)C(O)C(O)C2O)OC2CC3C4CCC5CC(OC6OC(COC7OC(C)C(OC8OCC(O)C(O)C8OC8OCC(O)C(O)C8O)C(O)C7O)C(O)C(O)C6O)CCC5(C)C4CCC3(C)C2C1C. The monoisotopic (exact) mass is 1170 g/mol. The molecule has 81 heavy (non-hydrogen) atoms. The van der Waals surface area contributed by atoms with Gasteiger partial charge in [0, 0.05) is 19.4 Å². The molecule has 0 aromatic rings. The number of ether oxygens (including phenoxy) is 12. The molecule has 468 valence electrons.